The van der Waals surface area contributed by atoms with Crippen molar-refractivity contribution in [3.05, 3.63) is 47.5 Å². The number of hydrogen-bond donors (Lipinski definition) is 3. The van der Waals surface area contributed by atoms with Crippen molar-refractivity contribution in [3.8, 4) is 6.07 Å². The smallest absolute Gasteiger partial charge is 0.340 e. The van der Waals surface area contributed by atoms with Gasteiger partial charge in [-0.1, -0.05) is 6.07 Å². The van der Waals surface area contributed by atoms with E-state index in [-0.39, 0.29) is 11.6 Å². The molecular weight excluding hydrogens is 283 g/mol. The second kappa shape index (κ2) is 5.68. The second-order valence-corrected chi connectivity index (χ2v) is 4.09. The fourth-order valence-corrected chi connectivity index (χ4v) is 1.65. The summed E-state index contributed by atoms with van der Waals surface area (Å²) in [4.78, 5) is 3.89. The van der Waals surface area contributed by atoms with Crippen LogP contribution in [0.3, 0.4) is 0 Å². The Bertz CT molecular complexity index is 691. The van der Waals surface area contributed by atoms with Crippen molar-refractivity contribution in [2.75, 3.05) is 10.7 Å². The first-order chi connectivity index (χ1) is 9.92. The van der Waals surface area contributed by atoms with Gasteiger partial charge in [-0.15, -0.1) is 0 Å². The lowest BCUT2D eigenvalue weighted by molar-refractivity contribution is -0.137. The maximum Gasteiger partial charge on any atom is 0.416 e. The molecule has 0 atom stereocenters. The van der Waals surface area contributed by atoms with Crippen molar-refractivity contribution in [1.82, 2.24) is 4.98 Å². The molecule has 0 aliphatic heterocycles. The molecule has 0 fully saturated rings. The summed E-state index contributed by atoms with van der Waals surface area (Å²) >= 11 is 0. The molecule has 21 heavy (non-hydrogen) atoms. The summed E-state index contributed by atoms with van der Waals surface area (Å²) in [5.41, 5.74) is 2.03. The van der Waals surface area contributed by atoms with E-state index in [1.807, 2.05) is 6.07 Å². The van der Waals surface area contributed by atoms with Crippen LogP contribution >= 0.6 is 0 Å². The number of nitrogens with zero attached hydrogens (tertiary/aromatic N) is 2. The summed E-state index contributed by atoms with van der Waals surface area (Å²) in [6.45, 7) is 0. The molecule has 0 spiro atoms. The van der Waals surface area contributed by atoms with E-state index in [1.165, 1.54) is 6.07 Å². The minimum absolute atomic E-state index is 0.0344. The van der Waals surface area contributed by atoms with Crippen LogP contribution in [0.25, 0.3) is 0 Å². The summed E-state index contributed by atoms with van der Waals surface area (Å²) in [6, 6.07) is 9.90. The quantitative estimate of drug-likeness (QED) is 0.598. The number of nitrogens with one attached hydrogen (secondary N) is 2. The fourth-order valence-electron chi connectivity index (χ4n) is 1.65. The molecule has 8 heteroatoms. The van der Waals surface area contributed by atoms with E-state index < -0.39 is 11.7 Å². The molecule has 0 unspecified atom stereocenters. The Hall–Kier alpha value is -2.79. The van der Waals surface area contributed by atoms with Crippen molar-refractivity contribution < 1.29 is 13.2 Å². The van der Waals surface area contributed by atoms with Crippen LogP contribution in [0, 0.1) is 11.3 Å². The third-order valence-corrected chi connectivity index (χ3v) is 2.56. The van der Waals surface area contributed by atoms with Gasteiger partial charge in [-0.2, -0.15) is 18.4 Å². The normalized spacial score (nSPS) is 10.8. The van der Waals surface area contributed by atoms with Crippen LogP contribution in [-0.2, 0) is 6.18 Å². The minimum atomic E-state index is -4.51. The predicted molar refractivity (Wildman–Crippen MR) is 71.5 cm³/mol. The first-order valence-electron chi connectivity index (χ1n) is 5.75. The lowest BCUT2D eigenvalue weighted by Gasteiger charge is -2.12. The number of pyridine rings is 1. The molecule has 1 heterocycles. The lowest BCUT2D eigenvalue weighted by atomic mass is 10.2. The number of halogens is 3. The molecule has 1 aromatic carbocycles. The molecule has 0 aliphatic rings. The zero-order chi connectivity index (χ0) is 15.5. The molecule has 1 aromatic heterocycles. The molecule has 2 aromatic rings. The Morgan fingerprint density at radius 2 is 1.86 bits per heavy atom. The van der Waals surface area contributed by atoms with E-state index in [9.17, 15) is 13.2 Å². The van der Waals surface area contributed by atoms with Gasteiger partial charge in [0.25, 0.3) is 0 Å². The second-order valence-electron chi connectivity index (χ2n) is 4.09. The number of hydrazine groups is 1. The molecule has 0 saturated heterocycles. The largest absolute Gasteiger partial charge is 0.416 e. The zero-order valence-corrected chi connectivity index (χ0v) is 10.6. The van der Waals surface area contributed by atoms with Crippen molar-refractivity contribution in [2.24, 2.45) is 5.84 Å². The molecule has 0 amide bonds. The summed E-state index contributed by atoms with van der Waals surface area (Å²) in [6.07, 6.45) is -4.51. The number of benzene rings is 1. The lowest BCUT2D eigenvalue weighted by Crippen LogP contribution is -2.13. The van der Waals surface area contributed by atoms with Crippen molar-refractivity contribution >= 4 is 17.3 Å². The highest BCUT2D eigenvalue weighted by Gasteiger charge is 2.31. The van der Waals surface area contributed by atoms with Gasteiger partial charge < -0.3 is 10.7 Å². The van der Waals surface area contributed by atoms with Crippen molar-refractivity contribution in [2.45, 2.75) is 6.18 Å². The van der Waals surface area contributed by atoms with Crippen LogP contribution in [0.2, 0.25) is 0 Å². The van der Waals surface area contributed by atoms with Gasteiger partial charge >= 0.3 is 6.18 Å². The Morgan fingerprint density at radius 3 is 2.48 bits per heavy atom. The number of nitriles is 1. The van der Waals surface area contributed by atoms with E-state index in [0.717, 1.165) is 12.1 Å². The maximum absolute atomic E-state index is 12.8. The molecule has 0 aliphatic carbocycles. The van der Waals surface area contributed by atoms with Crippen LogP contribution in [0.4, 0.5) is 30.5 Å². The van der Waals surface area contributed by atoms with Gasteiger partial charge in [-0.25, -0.2) is 10.8 Å². The first kappa shape index (κ1) is 14.6. The Balaban J connectivity index is 2.37. The highest BCUT2D eigenvalue weighted by Crippen LogP contribution is 2.32. The molecule has 0 saturated carbocycles. The fraction of sp³-hybridized carbons (Fsp3) is 0.0769. The van der Waals surface area contributed by atoms with E-state index in [4.69, 9.17) is 11.1 Å². The molecule has 0 radical (unpaired) electrons. The number of nitrogen functional groups attached to an aromatic ring is 1. The van der Waals surface area contributed by atoms with Gasteiger partial charge in [0.2, 0.25) is 0 Å². The zero-order valence-electron chi connectivity index (χ0n) is 10.6. The van der Waals surface area contributed by atoms with Gasteiger partial charge in [-0.05, 0) is 30.3 Å². The molecular formula is C13H10F3N5. The summed E-state index contributed by atoms with van der Waals surface area (Å²) in [7, 11) is 0. The average Bonchev–Trinajstić information content (AvgIpc) is 2.46. The van der Waals surface area contributed by atoms with Crippen LogP contribution < -0.4 is 16.6 Å². The van der Waals surface area contributed by atoms with Crippen molar-refractivity contribution in [3.63, 3.8) is 0 Å². The number of hydrogen-bond acceptors (Lipinski definition) is 5. The average molecular weight is 293 g/mol. The molecule has 0 bridgehead atoms. The van der Waals surface area contributed by atoms with E-state index in [2.05, 4.69) is 15.7 Å². The summed E-state index contributed by atoms with van der Waals surface area (Å²) < 4.78 is 38.3. The molecule has 2 rings (SSSR count). The monoisotopic (exact) mass is 293 g/mol. The van der Waals surface area contributed by atoms with Crippen LogP contribution in [0.15, 0.2) is 36.4 Å². The SMILES string of the molecule is N#Cc1cccc(Nc2cc(C(F)(F)F)cc(NN)n2)c1. The first-order valence-corrected chi connectivity index (χ1v) is 5.75. The molecule has 108 valence electrons. The third kappa shape index (κ3) is 3.61. The number of nitrogens with two attached hydrogens (primary N) is 1. The molecule has 4 N–H and O–H groups in total. The maximum atomic E-state index is 12.8. The number of aromatic nitrogens is 1. The van der Waals surface area contributed by atoms with Gasteiger partial charge in [-0.3, -0.25) is 0 Å². The number of alkyl halides is 3. The van der Waals surface area contributed by atoms with Crippen molar-refractivity contribution in [1.29, 1.82) is 5.26 Å². The highest BCUT2D eigenvalue weighted by molar-refractivity contribution is 5.61. The van der Waals surface area contributed by atoms with Crippen LogP contribution in [0.1, 0.15) is 11.1 Å². The minimum Gasteiger partial charge on any atom is -0.340 e. The van der Waals surface area contributed by atoms with E-state index >= 15 is 0 Å². The predicted octanol–water partition coefficient (Wildman–Crippen LogP) is 3.00. The Kier molecular flexibility index (Phi) is 3.95. The van der Waals surface area contributed by atoms with Gasteiger partial charge in [0.1, 0.15) is 11.6 Å². The van der Waals surface area contributed by atoms with Gasteiger partial charge in [0.15, 0.2) is 0 Å². The van der Waals surface area contributed by atoms with Crippen LogP contribution in [0.5, 0.6) is 0 Å². The Morgan fingerprint density at radius 1 is 1.14 bits per heavy atom. The van der Waals surface area contributed by atoms with Gasteiger partial charge in [0, 0.05) is 5.69 Å². The number of anilines is 3. The van der Waals surface area contributed by atoms with Gasteiger partial charge in [0.05, 0.1) is 17.2 Å². The topological polar surface area (TPSA) is 86.8 Å². The summed E-state index contributed by atoms with van der Waals surface area (Å²) in [5.74, 6) is 4.96. The van der Waals surface area contributed by atoms with E-state index in [0.29, 0.717) is 11.3 Å². The summed E-state index contributed by atoms with van der Waals surface area (Å²) in [5, 5.41) is 11.5. The van der Waals surface area contributed by atoms with Crippen LogP contribution in [-0.4, -0.2) is 4.98 Å². The standard InChI is InChI=1S/C13H10F3N5/c14-13(15,16)9-5-11(20-12(6-9)21-18)19-10-3-1-2-8(4-10)7-17/h1-6H,18H2,(H2,19,20,21). The highest BCUT2D eigenvalue weighted by atomic mass is 19.4. The Labute approximate surface area is 118 Å². The van der Waals surface area contributed by atoms with E-state index in [1.54, 1.807) is 18.2 Å². The third-order valence-electron chi connectivity index (χ3n) is 2.56. The molecule has 5 nitrogen and oxygen atoms in total. The number of rotatable bonds is 3.